The van der Waals surface area contributed by atoms with Gasteiger partial charge in [0.15, 0.2) is 0 Å². The highest BCUT2D eigenvalue weighted by atomic mass is 16.3. The van der Waals surface area contributed by atoms with Gasteiger partial charge in [0.1, 0.15) is 0 Å². The molecule has 0 fully saturated rings. The third kappa shape index (κ3) is 4.62. The molecule has 0 aliphatic heterocycles. The van der Waals surface area contributed by atoms with Gasteiger partial charge >= 0.3 is 0 Å². The first-order valence-electron chi connectivity index (χ1n) is 7.32. The van der Waals surface area contributed by atoms with Crippen LogP contribution in [0.4, 0.5) is 0 Å². The van der Waals surface area contributed by atoms with E-state index in [2.05, 4.69) is 6.92 Å². The second kappa shape index (κ2) is 8.72. The van der Waals surface area contributed by atoms with Crippen molar-refractivity contribution in [1.29, 1.82) is 0 Å². The molecule has 0 radical (unpaired) electrons. The average molecular weight is 278 g/mol. The Bertz CT molecular complexity index is 395. The van der Waals surface area contributed by atoms with Crippen molar-refractivity contribution in [2.45, 2.75) is 32.7 Å². The van der Waals surface area contributed by atoms with Crippen LogP contribution in [-0.4, -0.2) is 35.6 Å². The number of nitrogens with zero attached hydrogens (tertiary/aromatic N) is 1. The number of aliphatic hydroxyl groups is 1. The van der Waals surface area contributed by atoms with Gasteiger partial charge in [-0.2, -0.15) is 0 Å². The minimum Gasteiger partial charge on any atom is -0.395 e. The Kier molecular flexibility index (Phi) is 7.26. The van der Waals surface area contributed by atoms with Crippen molar-refractivity contribution >= 4 is 5.91 Å². The maximum Gasteiger partial charge on any atom is 0.227 e. The number of amides is 1. The predicted molar refractivity (Wildman–Crippen MR) is 81.1 cm³/mol. The monoisotopic (exact) mass is 278 g/mol. The van der Waals surface area contributed by atoms with Gasteiger partial charge in [-0.05, 0) is 12.0 Å². The van der Waals surface area contributed by atoms with Gasteiger partial charge in [0.2, 0.25) is 5.91 Å². The molecule has 0 spiro atoms. The Labute approximate surface area is 121 Å². The van der Waals surface area contributed by atoms with Gasteiger partial charge in [0.25, 0.3) is 0 Å². The molecule has 0 aliphatic carbocycles. The van der Waals surface area contributed by atoms with Crippen molar-refractivity contribution in [3.05, 3.63) is 35.9 Å². The fourth-order valence-corrected chi connectivity index (χ4v) is 2.21. The maximum atomic E-state index is 12.5. The summed E-state index contributed by atoms with van der Waals surface area (Å²) in [5.74, 6) is -0.273. The van der Waals surface area contributed by atoms with Crippen LogP contribution in [0.5, 0.6) is 0 Å². The molecule has 1 amide bonds. The standard InChI is InChI=1S/C16H26N2O2/c1-3-4-10-18(11-12-19)16(20)13(2)15(17)14-8-6-5-7-9-14/h5-9,13,15,19H,3-4,10-12,17H2,1-2H3. The largest absolute Gasteiger partial charge is 0.395 e. The molecule has 0 aliphatic rings. The molecule has 1 rings (SSSR count). The maximum absolute atomic E-state index is 12.5. The van der Waals surface area contributed by atoms with Crippen molar-refractivity contribution in [3.8, 4) is 0 Å². The van der Waals surface area contributed by atoms with E-state index >= 15 is 0 Å². The Morgan fingerprint density at radius 3 is 2.50 bits per heavy atom. The van der Waals surface area contributed by atoms with Gasteiger partial charge in [-0.3, -0.25) is 4.79 Å². The van der Waals surface area contributed by atoms with E-state index in [1.54, 1.807) is 4.90 Å². The zero-order chi connectivity index (χ0) is 15.0. The second-order valence-electron chi connectivity index (χ2n) is 5.13. The van der Waals surface area contributed by atoms with Gasteiger partial charge in [-0.25, -0.2) is 0 Å². The minimum atomic E-state index is -0.313. The summed E-state index contributed by atoms with van der Waals surface area (Å²) in [5, 5.41) is 9.10. The van der Waals surface area contributed by atoms with E-state index in [1.807, 2.05) is 37.3 Å². The third-order valence-corrected chi connectivity index (χ3v) is 3.58. The summed E-state index contributed by atoms with van der Waals surface area (Å²) in [4.78, 5) is 14.2. The summed E-state index contributed by atoms with van der Waals surface area (Å²) in [6, 6.07) is 9.35. The predicted octanol–water partition coefficient (Wildman–Crippen LogP) is 1.94. The summed E-state index contributed by atoms with van der Waals surface area (Å²) < 4.78 is 0. The molecule has 0 bridgehead atoms. The normalized spacial score (nSPS) is 13.8. The molecule has 2 atom stereocenters. The fraction of sp³-hybridized carbons (Fsp3) is 0.562. The highest BCUT2D eigenvalue weighted by Crippen LogP contribution is 2.21. The average Bonchev–Trinajstić information content (AvgIpc) is 2.50. The molecular weight excluding hydrogens is 252 g/mol. The smallest absolute Gasteiger partial charge is 0.227 e. The Hall–Kier alpha value is -1.39. The van der Waals surface area contributed by atoms with Crippen LogP contribution in [0.3, 0.4) is 0 Å². The zero-order valence-corrected chi connectivity index (χ0v) is 12.5. The van der Waals surface area contributed by atoms with Crippen LogP contribution in [0.1, 0.15) is 38.3 Å². The first kappa shape index (κ1) is 16.7. The van der Waals surface area contributed by atoms with Crippen molar-refractivity contribution in [3.63, 3.8) is 0 Å². The topological polar surface area (TPSA) is 66.6 Å². The number of unbranched alkanes of at least 4 members (excludes halogenated alkanes) is 1. The molecule has 112 valence electrons. The van der Waals surface area contributed by atoms with Gasteiger partial charge in [0, 0.05) is 19.1 Å². The first-order chi connectivity index (χ1) is 9.61. The number of rotatable bonds is 8. The van der Waals surface area contributed by atoms with Crippen LogP contribution < -0.4 is 5.73 Å². The summed E-state index contributed by atoms with van der Waals surface area (Å²) in [6.45, 7) is 4.99. The van der Waals surface area contributed by atoms with E-state index in [1.165, 1.54) is 0 Å². The van der Waals surface area contributed by atoms with Gasteiger partial charge in [0.05, 0.1) is 12.5 Å². The molecule has 2 unspecified atom stereocenters. The molecule has 3 N–H and O–H groups in total. The summed E-state index contributed by atoms with van der Waals surface area (Å²) in [6.07, 6.45) is 1.97. The van der Waals surface area contributed by atoms with Crippen LogP contribution >= 0.6 is 0 Å². The summed E-state index contributed by atoms with van der Waals surface area (Å²) >= 11 is 0. The van der Waals surface area contributed by atoms with Crippen LogP contribution in [0, 0.1) is 5.92 Å². The number of benzene rings is 1. The molecular formula is C16H26N2O2. The molecule has 20 heavy (non-hydrogen) atoms. The molecule has 0 heterocycles. The molecule has 4 nitrogen and oxygen atoms in total. The van der Waals surface area contributed by atoms with Gasteiger partial charge in [-0.15, -0.1) is 0 Å². The van der Waals surface area contributed by atoms with Crippen molar-refractivity contribution < 1.29 is 9.90 Å². The summed E-state index contributed by atoms with van der Waals surface area (Å²) in [5.41, 5.74) is 7.16. The number of hydrogen-bond donors (Lipinski definition) is 2. The SMILES string of the molecule is CCCCN(CCO)C(=O)C(C)C(N)c1ccccc1. The molecule has 0 saturated carbocycles. The van der Waals surface area contributed by atoms with Crippen LogP contribution in [0.2, 0.25) is 0 Å². The van der Waals surface area contributed by atoms with Crippen molar-refractivity contribution in [2.24, 2.45) is 11.7 Å². The minimum absolute atomic E-state index is 0.0112. The third-order valence-electron chi connectivity index (χ3n) is 3.58. The lowest BCUT2D eigenvalue weighted by atomic mass is 9.94. The lowest BCUT2D eigenvalue weighted by Crippen LogP contribution is -2.41. The van der Waals surface area contributed by atoms with E-state index in [9.17, 15) is 4.79 Å². The molecule has 0 aromatic heterocycles. The lowest BCUT2D eigenvalue weighted by Gasteiger charge is -2.28. The van der Waals surface area contributed by atoms with Crippen LogP contribution in [-0.2, 0) is 4.79 Å². The first-order valence-corrected chi connectivity index (χ1v) is 7.32. The van der Waals surface area contributed by atoms with E-state index in [0.717, 1.165) is 18.4 Å². The molecule has 1 aromatic rings. The van der Waals surface area contributed by atoms with E-state index < -0.39 is 0 Å². The zero-order valence-electron chi connectivity index (χ0n) is 12.5. The van der Waals surface area contributed by atoms with E-state index in [4.69, 9.17) is 10.8 Å². The Morgan fingerprint density at radius 1 is 1.30 bits per heavy atom. The van der Waals surface area contributed by atoms with Gasteiger partial charge < -0.3 is 15.7 Å². The number of carbonyl (C=O) groups excluding carboxylic acids is 1. The quantitative estimate of drug-likeness (QED) is 0.763. The number of nitrogens with two attached hydrogens (primary N) is 1. The molecule has 0 saturated heterocycles. The second-order valence-corrected chi connectivity index (χ2v) is 5.13. The summed E-state index contributed by atoms with van der Waals surface area (Å²) in [7, 11) is 0. The number of hydrogen-bond acceptors (Lipinski definition) is 3. The number of aliphatic hydroxyl groups excluding tert-OH is 1. The van der Waals surface area contributed by atoms with Crippen molar-refractivity contribution in [1.82, 2.24) is 4.90 Å². The van der Waals surface area contributed by atoms with E-state index in [0.29, 0.717) is 13.1 Å². The van der Waals surface area contributed by atoms with E-state index in [-0.39, 0.29) is 24.5 Å². The Morgan fingerprint density at radius 2 is 1.95 bits per heavy atom. The number of carbonyl (C=O) groups is 1. The molecule has 1 aromatic carbocycles. The lowest BCUT2D eigenvalue weighted by molar-refractivity contribution is -0.136. The highest BCUT2D eigenvalue weighted by Gasteiger charge is 2.26. The van der Waals surface area contributed by atoms with Gasteiger partial charge in [-0.1, -0.05) is 50.6 Å². The highest BCUT2D eigenvalue weighted by molar-refractivity contribution is 5.79. The fourth-order valence-electron chi connectivity index (χ4n) is 2.21. The van der Waals surface area contributed by atoms with Crippen LogP contribution in [0.15, 0.2) is 30.3 Å². The Balaban J connectivity index is 2.72. The molecule has 4 heteroatoms. The van der Waals surface area contributed by atoms with Crippen molar-refractivity contribution in [2.75, 3.05) is 19.7 Å². The van der Waals surface area contributed by atoms with Crippen LogP contribution in [0.25, 0.3) is 0 Å².